The summed E-state index contributed by atoms with van der Waals surface area (Å²) in [5, 5.41) is 12.1. The summed E-state index contributed by atoms with van der Waals surface area (Å²) in [4.78, 5) is 4.78. The van der Waals surface area contributed by atoms with Crippen LogP contribution in [0, 0.1) is 5.41 Å². The van der Waals surface area contributed by atoms with E-state index in [0.717, 1.165) is 74.4 Å². The largest absolute Gasteiger partial charge is 0.494 e. The van der Waals surface area contributed by atoms with Crippen molar-refractivity contribution in [3.63, 3.8) is 0 Å². The molecule has 3 N–H and O–H groups in total. The van der Waals surface area contributed by atoms with Gasteiger partial charge in [0.25, 0.3) is 0 Å². The summed E-state index contributed by atoms with van der Waals surface area (Å²) in [5.74, 6) is 0.323. The van der Waals surface area contributed by atoms with Crippen LogP contribution in [0.15, 0.2) is 23.2 Å². The lowest BCUT2D eigenvalue weighted by Gasteiger charge is -2.36. The Balaban J connectivity index is 1.65. The standard InChI is InChI=1S/C19H23N3O3/c20-12-1-2-16-14(7-12)17(15-8-19(9-21-15)10-25-11-19)18(23)22(16)13-3-5-24-6-4-13/h1-2,7,13,23H,3-6,8-11,20H2. The second-order valence-electron chi connectivity index (χ2n) is 7.62. The van der Waals surface area contributed by atoms with E-state index >= 15 is 0 Å². The highest BCUT2D eigenvalue weighted by atomic mass is 16.5. The van der Waals surface area contributed by atoms with Crippen LogP contribution in [0.2, 0.25) is 0 Å². The molecule has 0 unspecified atom stereocenters. The minimum Gasteiger partial charge on any atom is -0.494 e. The zero-order valence-electron chi connectivity index (χ0n) is 14.2. The second kappa shape index (κ2) is 5.47. The van der Waals surface area contributed by atoms with Crippen LogP contribution >= 0.6 is 0 Å². The number of anilines is 1. The molecule has 0 saturated carbocycles. The summed E-state index contributed by atoms with van der Waals surface area (Å²) in [5.41, 5.74) is 9.78. The predicted molar refractivity (Wildman–Crippen MR) is 96.4 cm³/mol. The summed E-state index contributed by atoms with van der Waals surface area (Å²) < 4.78 is 13.0. The Morgan fingerprint density at radius 2 is 2.00 bits per heavy atom. The molecule has 1 aromatic heterocycles. The van der Waals surface area contributed by atoms with E-state index in [1.807, 2.05) is 18.2 Å². The normalized spacial score (nSPS) is 23.1. The van der Waals surface area contributed by atoms with Crippen molar-refractivity contribution in [1.29, 1.82) is 0 Å². The Bertz CT molecular complexity index is 860. The zero-order valence-corrected chi connectivity index (χ0v) is 14.2. The number of aromatic nitrogens is 1. The van der Waals surface area contributed by atoms with Crippen LogP contribution in [0.25, 0.3) is 10.9 Å². The molecule has 1 aromatic carbocycles. The lowest BCUT2D eigenvalue weighted by atomic mass is 9.82. The van der Waals surface area contributed by atoms with Gasteiger partial charge in [0, 0.05) is 54.4 Å². The molecular formula is C19H23N3O3. The van der Waals surface area contributed by atoms with E-state index in [-0.39, 0.29) is 11.5 Å². The van der Waals surface area contributed by atoms with Crippen LogP contribution in [0.3, 0.4) is 0 Å². The first-order valence-electron chi connectivity index (χ1n) is 8.98. The van der Waals surface area contributed by atoms with Gasteiger partial charge in [0.15, 0.2) is 0 Å². The molecule has 132 valence electrons. The van der Waals surface area contributed by atoms with Crippen molar-refractivity contribution in [2.45, 2.75) is 25.3 Å². The number of nitrogens with zero attached hydrogens (tertiary/aromatic N) is 2. The summed E-state index contributed by atoms with van der Waals surface area (Å²) in [6.45, 7) is 3.78. The van der Waals surface area contributed by atoms with Gasteiger partial charge in [-0.05, 0) is 31.0 Å². The van der Waals surface area contributed by atoms with E-state index in [1.165, 1.54) is 0 Å². The average molecular weight is 341 g/mol. The van der Waals surface area contributed by atoms with Gasteiger partial charge < -0.3 is 24.9 Å². The second-order valence-corrected chi connectivity index (χ2v) is 7.62. The van der Waals surface area contributed by atoms with Crippen molar-refractivity contribution in [2.24, 2.45) is 10.4 Å². The fourth-order valence-electron chi connectivity index (χ4n) is 4.40. The number of fused-ring (bicyclic) bond motifs is 1. The van der Waals surface area contributed by atoms with Crippen LogP contribution in [-0.4, -0.2) is 48.4 Å². The van der Waals surface area contributed by atoms with Gasteiger partial charge in [0.05, 0.1) is 24.3 Å². The first-order chi connectivity index (χ1) is 12.2. The molecule has 6 nitrogen and oxygen atoms in total. The van der Waals surface area contributed by atoms with E-state index in [2.05, 4.69) is 4.57 Å². The van der Waals surface area contributed by atoms with E-state index < -0.39 is 0 Å². The monoisotopic (exact) mass is 341 g/mol. The fraction of sp³-hybridized carbons (Fsp3) is 0.526. The van der Waals surface area contributed by atoms with Crippen LogP contribution in [0.4, 0.5) is 5.69 Å². The molecule has 25 heavy (non-hydrogen) atoms. The Morgan fingerprint density at radius 3 is 2.68 bits per heavy atom. The summed E-state index contributed by atoms with van der Waals surface area (Å²) in [6, 6.07) is 6.13. The third-order valence-corrected chi connectivity index (χ3v) is 5.81. The number of hydrogen-bond acceptors (Lipinski definition) is 5. The minimum absolute atomic E-state index is 0.148. The summed E-state index contributed by atoms with van der Waals surface area (Å²) >= 11 is 0. The number of nitrogen functional groups attached to an aromatic ring is 1. The molecule has 4 heterocycles. The molecule has 3 aliphatic rings. The Hall–Kier alpha value is -2.05. The maximum absolute atomic E-state index is 11.1. The van der Waals surface area contributed by atoms with Crippen LogP contribution in [0.1, 0.15) is 30.9 Å². The summed E-state index contributed by atoms with van der Waals surface area (Å²) in [7, 11) is 0. The summed E-state index contributed by atoms with van der Waals surface area (Å²) in [6.07, 6.45) is 2.68. The highest BCUT2D eigenvalue weighted by Crippen LogP contribution is 2.44. The molecule has 2 fully saturated rings. The van der Waals surface area contributed by atoms with Crippen molar-refractivity contribution < 1.29 is 14.6 Å². The lowest BCUT2D eigenvalue weighted by molar-refractivity contribution is -0.0973. The number of hydrogen-bond donors (Lipinski definition) is 2. The average Bonchev–Trinajstić information content (AvgIpc) is 3.14. The van der Waals surface area contributed by atoms with Gasteiger partial charge in [-0.1, -0.05) is 0 Å². The van der Waals surface area contributed by atoms with Gasteiger partial charge in [0.1, 0.15) is 0 Å². The maximum atomic E-state index is 11.1. The highest BCUT2D eigenvalue weighted by Gasteiger charge is 2.44. The zero-order chi connectivity index (χ0) is 17.0. The third-order valence-electron chi connectivity index (χ3n) is 5.81. The van der Waals surface area contributed by atoms with Gasteiger partial charge in [-0.2, -0.15) is 0 Å². The van der Waals surface area contributed by atoms with Crippen molar-refractivity contribution in [2.75, 3.05) is 38.7 Å². The van der Waals surface area contributed by atoms with Crippen LogP contribution < -0.4 is 5.73 Å². The SMILES string of the molecule is Nc1ccc2c(c1)c(C1=NCC3(COC3)C1)c(O)n2C1CCOCC1. The van der Waals surface area contributed by atoms with E-state index in [9.17, 15) is 5.11 Å². The Labute approximate surface area is 146 Å². The number of aromatic hydroxyl groups is 1. The van der Waals surface area contributed by atoms with Gasteiger partial charge in [-0.3, -0.25) is 4.99 Å². The molecule has 5 rings (SSSR count). The van der Waals surface area contributed by atoms with Gasteiger partial charge in [-0.15, -0.1) is 0 Å². The van der Waals surface area contributed by atoms with E-state index in [1.54, 1.807) is 0 Å². The minimum atomic E-state index is 0.148. The molecule has 3 aliphatic heterocycles. The highest BCUT2D eigenvalue weighted by molar-refractivity contribution is 6.14. The number of ether oxygens (including phenoxy) is 2. The number of rotatable bonds is 2. The van der Waals surface area contributed by atoms with Crippen LogP contribution in [0.5, 0.6) is 5.88 Å². The molecule has 2 aromatic rings. The molecule has 1 spiro atoms. The molecule has 0 atom stereocenters. The van der Waals surface area contributed by atoms with Crippen molar-refractivity contribution in [3.8, 4) is 5.88 Å². The quantitative estimate of drug-likeness (QED) is 0.822. The van der Waals surface area contributed by atoms with Gasteiger partial charge in [0.2, 0.25) is 5.88 Å². The van der Waals surface area contributed by atoms with Crippen molar-refractivity contribution in [3.05, 3.63) is 23.8 Å². The molecule has 0 radical (unpaired) electrons. The van der Waals surface area contributed by atoms with Crippen molar-refractivity contribution >= 4 is 22.3 Å². The van der Waals surface area contributed by atoms with Crippen molar-refractivity contribution in [1.82, 2.24) is 4.57 Å². The lowest BCUT2D eigenvalue weighted by Crippen LogP contribution is -2.43. The fourth-order valence-corrected chi connectivity index (χ4v) is 4.40. The molecule has 0 amide bonds. The van der Waals surface area contributed by atoms with E-state index in [0.29, 0.717) is 11.6 Å². The topological polar surface area (TPSA) is 82.0 Å². The molecule has 0 aliphatic carbocycles. The molecule has 2 saturated heterocycles. The molecular weight excluding hydrogens is 318 g/mol. The van der Waals surface area contributed by atoms with Gasteiger partial charge >= 0.3 is 0 Å². The van der Waals surface area contributed by atoms with Crippen LogP contribution in [-0.2, 0) is 9.47 Å². The Kier molecular flexibility index (Phi) is 3.33. The first kappa shape index (κ1) is 15.2. The predicted octanol–water partition coefficient (Wildman–Crippen LogP) is 2.49. The number of aliphatic imine (C=N–C) groups is 1. The number of nitrogens with two attached hydrogens (primary N) is 1. The molecule has 0 bridgehead atoms. The Morgan fingerprint density at radius 1 is 1.20 bits per heavy atom. The third kappa shape index (κ3) is 2.28. The maximum Gasteiger partial charge on any atom is 0.201 e. The smallest absolute Gasteiger partial charge is 0.201 e. The molecule has 6 heteroatoms. The van der Waals surface area contributed by atoms with E-state index in [4.69, 9.17) is 20.2 Å². The first-order valence-corrected chi connectivity index (χ1v) is 8.98. The number of benzene rings is 1. The van der Waals surface area contributed by atoms with Gasteiger partial charge in [-0.25, -0.2) is 0 Å².